The summed E-state index contributed by atoms with van der Waals surface area (Å²) >= 11 is 7.35. The molecule has 0 unspecified atom stereocenters. The maximum Gasteiger partial charge on any atom is 0.255 e. The Morgan fingerprint density at radius 1 is 0.846 bits per heavy atom. The minimum absolute atomic E-state index is 0.0596. The SMILES string of the molecule is O=C(CSc1cccc(C(=O)Nc2cccc(Cl)c2)c1)c1ccccc1. The summed E-state index contributed by atoms with van der Waals surface area (Å²) in [5, 5.41) is 3.38. The lowest BCUT2D eigenvalue weighted by molar-refractivity contribution is 0.101. The van der Waals surface area contributed by atoms with E-state index in [4.69, 9.17) is 11.6 Å². The maximum absolute atomic E-state index is 12.4. The van der Waals surface area contributed by atoms with Gasteiger partial charge in [-0.3, -0.25) is 9.59 Å². The number of halogens is 1. The van der Waals surface area contributed by atoms with E-state index in [2.05, 4.69) is 5.32 Å². The van der Waals surface area contributed by atoms with Gasteiger partial charge in [0.15, 0.2) is 5.78 Å². The lowest BCUT2D eigenvalue weighted by Crippen LogP contribution is -2.11. The van der Waals surface area contributed by atoms with Crippen molar-refractivity contribution < 1.29 is 9.59 Å². The van der Waals surface area contributed by atoms with Crippen molar-refractivity contribution in [3.05, 3.63) is 95.0 Å². The molecule has 0 bridgehead atoms. The highest BCUT2D eigenvalue weighted by molar-refractivity contribution is 8.00. The van der Waals surface area contributed by atoms with Crippen LogP contribution in [0.1, 0.15) is 20.7 Å². The zero-order valence-corrected chi connectivity index (χ0v) is 15.4. The van der Waals surface area contributed by atoms with Gasteiger partial charge in [-0.25, -0.2) is 0 Å². The quantitative estimate of drug-likeness (QED) is 0.448. The second-order valence-corrected chi connectivity index (χ2v) is 7.06. The third-order valence-electron chi connectivity index (χ3n) is 3.64. The van der Waals surface area contributed by atoms with Crippen LogP contribution < -0.4 is 5.32 Å². The third kappa shape index (κ3) is 4.97. The smallest absolute Gasteiger partial charge is 0.255 e. The second kappa shape index (κ2) is 8.70. The van der Waals surface area contributed by atoms with Crippen molar-refractivity contribution in [1.29, 1.82) is 0 Å². The summed E-state index contributed by atoms with van der Waals surface area (Å²) in [6.45, 7) is 0. The molecule has 3 rings (SSSR count). The summed E-state index contributed by atoms with van der Waals surface area (Å²) in [5.41, 5.74) is 1.86. The van der Waals surface area contributed by atoms with E-state index < -0.39 is 0 Å². The van der Waals surface area contributed by atoms with Crippen LogP contribution in [0.2, 0.25) is 5.02 Å². The molecule has 1 amide bonds. The maximum atomic E-state index is 12.4. The van der Waals surface area contributed by atoms with Gasteiger partial charge in [0.05, 0.1) is 5.75 Å². The highest BCUT2D eigenvalue weighted by Crippen LogP contribution is 2.22. The van der Waals surface area contributed by atoms with Crippen LogP contribution in [0, 0.1) is 0 Å². The van der Waals surface area contributed by atoms with E-state index in [1.54, 1.807) is 48.5 Å². The van der Waals surface area contributed by atoms with Crippen LogP contribution in [0.3, 0.4) is 0 Å². The number of thioether (sulfide) groups is 1. The van der Waals surface area contributed by atoms with Crippen molar-refractivity contribution in [3.8, 4) is 0 Å². The predicted octanol–water partition coefficient (Wildman–Crippen LogP) is 5.57. The summed E-state index contributed by atoms with van der Waals surface area (Å²) < 4.78 is 0. The largest absolute Gasteiger partial charge is 0.322 e. The lowest BCUT2D eigenvalue weighted by atomic mass is 10.2. The van der Waals surface area contributed by atoms with Gasteiger partial charge in [0.25, 0.3) is 5.91 Å². The Kier molecular flexibility index (Phi) is 6.10. The molecule has 0 aromatic heterocycles. The van der Waals surface area contributed by atoms with E-state index >= 15 is 0 Å². The van der Waals surface area contributed by atoms with Gasteiger partial charge in [-0.2, -0.15) is 0 Å². The van der Waals surface area contributed by atoms with Crippen molar-refractivity contribution in [2.24, 2.45) is 0 Å². The Morgan fingerprint density at radius 2 is 1.58 bits per heavy atom. The van der Waals surface area contributed by atoms with Gasteiger partial charge in [-0.05, 0) is 36.4 Å². The van der Waals surface area contributed by atoms with Crippen LogP contribution in [0.15, 0.2) is 83.8 Å². The number of hydrogen-bond acceptors (Lipinski definition) is 3. The molecule has 130 valence electrons. The monoisotopic (exact) mass is 381 g/mol. The van der Waals surface area contributed by atoms with Crippen LogP contribution in [-0.4, -0.2) is 17.4 Å². The number of carbonyl (C=O) groups is 2. The number of anilines is 1. The van der Waals surface area contributed by atoms with E-state index in [1.165, 1.54) is 11.8 Å². The normalized spacial score (nSPS) is 10.3. The number of nitrogens with one attached hydrogen (secondary N) is 1. The molecule has 0 saturated heterocycles. The molecule has 5 heteroatoms. The number of amides is 1. The molecule has 3 aromatic carbocycles. The van der Waals surface area contributed by atoms with Crippen molar-refractivity contribution in [3.63, 3.8) is 0 Å². The minimum atomic E-state index is -0.218. The van der Waals surface area contributed by atoms with Crippen molar-refractivity contribution >= 4 is 40.7 Å². The number of Topliss-reactive ketones (excluding diaryl/α,β-unsaturated/α-hetero) is 1. The Morgan fingerprint density at radius 3 is 2.35 bits per heavy atom. The molecule has 1 N–H and O–H groups in total. The Hall–Kier alpha value is -2.56. The average Bonchev–Trinajstić information content (AvgIpc) is 2.67. The van der Waals surface area contributed by atoms with E-state index in [9.17, 15) is 9.59 Å². The fourth-order valence-corrected chi connectivity index (χ4v) is 3.39. The molecule has 0 radical (unpaired) electrons. The molecule has 0 aliphatic carbocycles. The summed E-state index contributed by atoms with van der Waals surface area (Å²) in [4.78, 5) is 25.5. The molecule has 0 fully saturated rings. The number of ketones is 1. The highest BCUT2D eigenvalue weighted by atomic mass is 35.5. The summed E-state index contributed by atoms with van der Waals surface area (Å²) in [7, 11) is 0. The number of hydrogen-bond donors (Lipinski definition) is 1. The molecule has 0 heterocycles. The summed E-state index contributed by atoms with van der Waals surface area (Å²) in [6, 6.07) is 23.4. The van der Waals surface area contributed by atoms with E-state index in [0.717, 1.165) is 4.90 Å². The van der Waals surface area contributed by atoms with E-state index in [-0.39, 0.29) is 11.7 Å². The third-order valence-corrected chi connectivity index (χ3v) is 4.87. The zero-order valence-electron chi connectivity index (χ0n) is 13.8. The second-order valence-electron chi connectivity index (χ2n) is 5.57. The predicted molar refractivity (Wildman–Crippen MR) is 107 cm³/mol. The van der Waals surface area contributed by atoms with Crippen LogP contribution in [0.25, 0.3) is 0 Å². The molecule has 0 saturated carbocycles. The van der Waals surface area contributed by atoms with E-state index in [0.29, 0.717) is 27.6 Å². The van der Waals surface area contributed by atoms with Gasteiger partial charge in [0.2, 0.25) is 0 Å². The minimum Gasteiger partial charge on any atom is -0.322 e. The summed E-state index contributed by atoms with van der Waals surface area (Å²) in [5.74, 6) is 0.164. The zero-order chi connectivity index (χ0) is 18.4. The Bertz CT molecular complexity index is 928. The standard InChI is InChI=1S/C21H16ClNO2S/c22-17-9-5-10-18(13-17)23-21(25)16-8-4-11-19(12-16)26-14-20(24)15-6-2-1-3-7-15/h1-13H,14H2,(H,23,25). The first-order valence-electron chi connectivity index (χ1n) is 8.00. The van der Waals surface area contributed by atoms with Gasteiger partial charge in [-0.15, -0.1) is 11.8 Å². The Labute approximate surface area is 161 Å². The first-order chi connectivity index (χ1) is 12.6. The fourth-order valence-electron chi connectivity index (χ4n) is 2.35. The average molecular weight is 382 g/mol. The van der Waals surface area contributed by atoms with Gasteiger partial charge in [0, 0.05) is 26.7 Å². The van der Waals surface area contributed by atoms with Gasteiger partial charge in [0.1, 0.15) is 0 Å². The fraction of sp³-hybridized carbons (Fsp3) is 0.0476. The van der Waals surface area contributed by atoms with Crippen LogP contribution in [-0.2, 0) is 0 Å². The van der Waals surface area contributed by atoms with Crippen LogP contribution in [0.4, 0.5) is 5.69 Å². The van der Waals surface area contributed by atoms with Crippen molar-refractivity contribution in [1.82, 2.24) is 0 Å². The highest BCUT2D eigenvalue weighted by Gasteiger charge is 2.09. The number of benzene rings is 3. The Balaban J connectivity index is 1.64. The molecule has 0 aliphatic heterocycles. The summed E-state index contributed by atoms with van der Waals surface area (Å²) in [6.07, 6.45) is 0. The number of carbonyl (C=O) groups excluding carboxylic acids is 2. The molecule has 26 heavy (non-hydrogen) atoms. The molecule has 0 spiro atoms. The van der Waals surface area contributed by atoms with Crippen molar-refractivity contribution in [2.45, 2.75) is 4.90 Å². The van der Waals surface area contributed by atoms with Crippen LogP contribution >= 0.6 is 23.4 Å². The first-order valence-corrected chi connectivity index (χ1v) is 9.36. The molecule has 0 aliphatic rings. The molecule has 3 aromatic rings. The van der Waals surface area contributed by atoms with Crippen LogP contribution in [0.5, 0.6) is 0 Å². The van der Waals surface area contributed by atoms with Gasteiger partial charge in [-0.1, -0.05) is 54.1 Å². The lowest BCUT2D eigenvalue weighted by Gasteiger charge is -2.07. The van der Waals surface area contributed by atoms with E-state index in [1.807, 2.05) is 30.3 Å². The topological polar surface area (TPSA) is 46.2 Å². The van der Waals surface area contributed by atoms with Gasteiger partial charge < -0.3 is 5.32 Å². The molecular formula is C21H16ClNO2S. The van der Waals surface area contributed by atoms with Crippen molar-refractivity contribution in [2.75, 3.05) is 11.1 Å². The molecular weight excluding hydrogens is 366 g/mol. The number of rotatable bonds is 6. The molecule has 0 atom stereocenters. The molecule has 3 nitrogen and oxygen atoms in total. The first kappa shape index (κ1) is 18.2. The van der Waals surface area contributed by atoms with Gasteiger partial charge >= 0.3 is 0 Å².